The Balaban J connectivity index is 1.27. The molecule has 0 unspecified atom stereocenters. The lowest BCUT2D eigenvalue weighted by Gasteiger charge is -2.56. The topological polar surface area (TPSA) is 99.4 Å². The first-order chi connectivity index (χ1) is 19.4. The van der Waals surface area contributed by atoms with E-state index in [9.17, 15) is 20.4 Å². The highest BCUT2D eigenvalue weighted by molar-refractivity contribution is 5.30. The maximum Gasteiger partial charge on any atom is 0.186 e. The van der Waals surface area contributed by atoms with Crippen molar-refractivity contribution in [2.45, 2.75) is 116 Å². The Morgan fingerprint density at radius 3 is 2.59 bits per heavy atom. The molecule has 1 saturated heterocycles. The van der Waals surface area contributed by atoms with Gasteiger partial charge in [0.05, 0.1) is 12.7 Å². The monoisotopic (exact) mass is 570 g/mol. The van der Waals surface area contributed by atoms with Gasteiger partial charge in [0, 0.05) is 0 Å². The molecule has 0 aromatic carbocycles. The predicted molar refractivity (Wildman–Crippen MR) is 161 cm³/mol. The molecular formula is C35H54O6. The second-order valence-corrected chi connectivity index (χ2v) is 14.4. The third kappa shape index (κ3) is 5.47. The molecule has 6 nitrogen and oxygen atoms in total. The summed E-state index contributed by atoms with van der Waals surface area (Å²) in [7, 11) is 0. The van der Waals surface area contributed by atoms with Crippen molar-refractivity contribution in [3.8, 4) is 0 Å². The summed E-state index contributed by atoms with van der Waals surface area (Å²) in [6, 6.07) is 0. The van der Waals surface area contributed by atoms with Gasteiger partial charge in [-0.15, -0.1) is 0 Å². The van der Waals surface area contributed by atoms with Crippen LogP contribution in [0, 0.1) is 46.3 Å². The molecule has 0 spiro atoms. The highest BCUT2D eigenvalue weighted by Crippen LogP contribution is 2.65. The van der Waals surface area contributed by atoms with E-state index in [1.54, 1.807) is 0 Å². The number of allylic oxidation sites excluding steroid dienone is 6. The van der Waals surface area contributed by atoms with Crippen molar-refractivity contribution in [2.75, 3.05) is 6.61 Å². The molecule has 4 aliphatic carbocycles. The van der Waals surface area contributed by atoms with Crippen molar-refractivity contribution in [1.29, 1.82) is 0 Å². The van der Waals surface area contributed by atoms with Crippen molar-refractivity contribution >= 4 is 0 Å². The van der Waals surface area contributed by atoms with Crippen LogP contribution in [0.2, 0.25) is 0 Å². The molecule has 41 heavy (non-hydrogen) atoms. The number of aliphatic hydroxyl groups is 4. The van der Waals surface area contributed by atoms with E-state index in [2.05, 4.69) is 71.6 Å². The van der Waals surface area contributed by atoms with Crippen molar-refractivity contribution < 1.29 is 29.9 Å². The van der Waals surface area contributed by atoms with Crippen LogP contribution in [0.25, 0.3) is 0 Å². The average Bonchev–Trinajstić information content (AvgIpc) is 3.30. The molecule has 1 heterocycles. The third-order valence-electron chi connectivity index (χ3n) is 12.1. The van der Waals surface area contributed by atoms with Crippen LogP contribution in [0.5, 0.6) is 0 Å². The zero-order valence-electron chi connectivity index (χ0n) is 25.8. The van der Waals surface area contributed by atoms with E-state index >= 15 is 0 Å². The lowest BCUT2D eigenvalue weighted by Crippen LogP contribution is -2.60. The van der Waals surface area contributed by atoms with E-state index in [-0.39, 0.29) is 16.9 Å². The van der Waals surface area contributed by atoms with E-state index in [0.717, 1.165) is 32.1 Å². The molecule has 5 rings (SSSR count). The van der Waals surface area contributed by atoms with E-state index in [4.69, 9.17) is 9.47 Å². The van der Waals surface area contributed by atoms with Crippen LogP contribution in [0.4, 0.5) is 0 Å². The van der Waals surface area contributed by atoms with Gasteiger partial charge >= 0.3 is 0 Å². The van der Waals surface area contributed by atoms with Gasteiger partial charge in [0.1, 0.15) is 24.4 Å². The quantitative estimate of drug-likeness (QED) is 0.295. The molecular weight excluding hydrogens is 516 g/mol. The van der Waals surface area contributed by atoms with Crippen LogP contribution in [0.3, 0.4) is 0 Å². The molecule has 0 amide bonds. The molecule has 0 radical (unpaired) electrons. The number of fused-ring (bicyclic) bond motifs is 5. The minimum atomic E-state index is -1.41. The fourth-order valence-electron chi connectivity index (χ4n) is 9.46. The van der Waals surface area contributed by atoms with Crippen LogP contribution in [0.1, 0.15) is 79.6 Å². The largest absolute Gasteiger partial charge is 0.394 e. The number of aliphatic hydroxyl groups excluding tert-OH is 4. The Kier molecular flexibility index (Phi) is 9.13. The zero-order valence-corrected chi connectivity index (χ0v) is 25.8. The first kappa shape index (κ1) is 31.2. The number of rotatable bonds is 8. The summed E-state index contributed by atoms with van der Waals surface area (Å²) in [5, 5.41) is 40.3. The van der Waals surface area contributed by atoms with Crippen molar-refractivity contribution in [3.63, 3.8) is 0 Å². The lowest BCUT2D eigenvalue weighted by molar-refractivity contribution is -0.312. The fraction of sp³-hybridized carbons (Fsp3) is 0.771. The summed E-state index contributed by atoms with van der Waals surface area (Å²) in [6.45, 7) is 15.5. The van der Waals surface area contributed by atoms with Gasteiger partial charge in [-0.25, -0.2) is 0 Å². The molecule has 5 aliphatic rings. The van der Waals surface area contributed by atoms with Crippen LogP contribution in [0.15, 0.2) is 48.1 Å². The van der Waals surface area contributed by atoms with Crippen LogP contribution in [-0.2, 0) is 9.47 Å². The smallest absolute Gasteiger partial charge is 0.186 e. The molecule has 0 aromatic rings. The summed E-state index contributed by atoms with van der Waals surface area (Å²) in [6.07, 6.45) is 13.6. The third-order valence-corrected chi connectivity index (χ3v) is 12.1. The number of hydrogen-bond acceptors (Lipinski definition) is 6. The summed E-state index contributed by atoms with van der Waals surface area (Å²) < 4.78 is 11.8. The van der Waals surface area contributed by atoms with E-state index < -0.39 is 37.3 Å². The Labute approximate surface area is 247 Å². The molecule has 0 aromatic heterocycles. The number of hydrogen-bond donors (Lipinski definition) is 4. The van der Waals surface area contributed by atoms with Gasteiger partial charge in [0.25, 0.3) is 0 Å². The summed E-state index contributed by atoms with van der Waals surface area (Å²) >= 11 is 0. The summed E-state index contributed by atoms with van der Waals surface area (Å²) in [4.78, 5) is 0. The Morgan fingerprint density at radius 2 is 1.90 bits per heavy atom. The zero-order chi connectivity index (χ0) is 29.7. The second kappa shape index (κ2) is 12.0. The Morgan fingerprint density at radius 1 is 1.15 bits per heavy atom. The van der Waals surface area contributed by atoms with E-state index in [1.165, 1.54) is 24.0 Å². The number of ether oxygens (including phenoxy) is 2. The van der Waals surface area contributed by atoms with Crippen molar-refractivity contribution in [2.24, 2.45) is 46.3 Å². The van der Waals surface area contributed by atoms with Gasteiger partial charge < -0.3 is 29.9 Å². The fourth-order valence-corrected chi connectivity index (χ4v) is 9.46. The van der Waals surface area contributed by atoms with Gasteiger partial charge in [-0.3, -0.25) is 0 Å². The molecule has 14 atom stereocenters. The average molecular weight is 571 g/mol. The van der Waals surface area contributed by atoms with Gasteiger partial charge in [0.15, 0.2) is 6.29 Å². The summed E-state index contributed by atoms with van der Waals surface area (Å²) in [5.41, 5.74) is 3.00. The highest BCUT2D eigenvalue weighted by Gasteiger charge is 2.57. The maximum atomic E-state index is 10.5. The van der Waals surface area contributed by atoms with E-state index in [0.29, 0.717) is 35.5 Å². The van der Waals surface area contributed by atoms with Gasteiger partial charge in [-0.2, -0.15) is 0 Å². The minimum Gasteiger partial charge on any atom is -0.394 e. The summed E-state index contributed by atoms with van der Waals surface area (Å²) in [5.74, 6) is 3.53. The van der Waals surface area contributed by atoms with Gasteiger partial charge in [-0.1, -0.05) is 75.8 Å². The SMILES string of the molecule is C=C(C)[C@H](/C=C/[C@@H](C)[C@H]1CC[C@H]2[C@@H]3CC=C4C[C@@H](O[C@@H]5O[C@H](CO)[C@H](O)[C@H](O)[C@H]5O)CC[C@]4(C)[C@H]3C=C[C@]12C)CC. The second-order valence-electron chi connectivity index (χ2n) is 14.4. The maximum absolute atomic E-state index is 10.5. The first-order valence-corrected chi connectivity index (χ1v) is 16.1. The van der Waals surface area contributed by atoms with E-state index in [1.807, 2.05) is 0 Å². The Bertz CT molecular complexity index is 1050. The Hall–Kier alpha value is -1.28. The molecule has 4 N–H and O–H groups in total. The highest BCUT2D eigenvalue weighted by atomic mass is 16.7. The van der Waals surface area contributed by atoms with Crippen LogP contribution in [-0.4, -0.2) is 63.8 Å². The van der Waals surface area contributed by atoms with Gasteiger partial charge in [-0.05, 0) is 98.2 Å². The molecule has 3 fully saturated rings. The molecule has 1 aliphatic heterocycles. The normalized spacial score (nSPS) is 47.3. The molecule has 2 saturated carbocycles. The lowest BCUT2D eigenvalue weighted by atomic mass is 9.49. The first-order valence-electron chi connectivity index (χ1n) is 16.1. The van der Waals surface area contributed by atoms with Crippen LogP contribution >= 0.6 is 0 Å². The van der Waals surface area contributed by atoms with Crippen LogP contribution < -0.4 is 0 Å². The van der Waals surface area contributed by atoms with Gasteiger partial charge in [0.2, 0.25) is 0 Å². The molecule has 6 heteroatoms. The minimum absolute atomic E-state index is 0.0927. The van der Waals surface area contributed by atoms with Crippen molar-refractivity contribution in [3.05, 3.63) is 48.1 Å². The molecule has 0 bridgehead atoms. The molecule has 230 valence electrons. The standard InChI is InChI=1S/C35H54O6/c1-7-22(20(2)3)9-8-21(4)26-12-13-27-25-11-10-23-18-24(14-16-34(23,5)28(25)15-17-35(26,27)6)40-33-32(39)31(38)30(37)29(19-36)41-33/h8-10,15,17,21-22,24-33,36-39H,2,7,11-14,16,18-19H2,1,3-6H3/b9-8+/t21-,22+,24+,25+,26-,27+,28+,29-,30+,31+,32-,33-,34+,35-/m1/s1. The van der Waals surface area contributed by atoms with Crippen molar-refractivity contribution in [1.82, 2.24) is 0 Å². The predicted octanol–water partition coefficient (Wildman–Crippen LogP) is 5.32.